The van der Waals surface area contributed by atoms with E-state index in [2.05, 4.69) is 33.6 Å². The molecule has 0 rings (SSSR count). The smallest absolute Gasteiger partial charge is 0.313 e. The molecule has 0 aromatic heterocycles. The molecule has 0 heterocycles. The van der Waals surface area contributed by atoms with Crippen molar-refractivity contribution in [2.75, 3.05) is 6.67 Å². The summed E-state index contributed by atoms with van der Waals surface area (Å²) >= 11 is 0. The van der Waals surface area contributed by atoms with Crippen LogP contribution in [0, 0.1) is 0 Å². The third kappa shape index (κ3) is 41.2. The third-order valence-corrected chi connectivity index (χ3v) is 0.525. The summed E-state index contributed by atoms with van der Waals surface area (Å²) in [4.78, 5) is 28.8. The Morgan fingerprint density at radius 2 is 1.08 bits per heavy atom. The molecule has 0 aromatic carbocycles. The van der Waals surface area contributed by atoms with Crippen LogP contribution in [0.25, 0.3) is 0 Å². The van der Waals surface area contributed by atoms with Gasteiger partial charge in [-0.25, -0.2) is 14.4 Å². The van der Waals surface area contributed by atoms with E-state index in [-0.39, 0.29) is 6.67 Å². The van der Waals surface area contributed by atoms with Gasteiger partial charge in [-0.1, -0.05) is 0 Å². The fourth-order valence-electron chi connectivity index (χ4n) is 0.218. The number of hydrogen-bond donors (Lipinski definition) is 6. The zero-order valence-corrected chi connectivity index (χ0v) is 6.74. The molecule has 0 unspecified atom stereocenters. The van der Waals surface area contributed by atoms with E-state index in [0.717, 1.165) is 0 Å². The molecule has 6 amide bonds. The van der Waals surface area contributed by atoms with Gasteiger partial charge in [0.25, 0.3) is 0 Å². The highest BCUT2D eigenvalue weighted by Gasteiger charge is 1.90. The molecular formula is C4H12N6O3. The summed E-state index contributed by atoms with van der Waals surface area (Å²) in [7, 11) is 0. The van der Waals surface area contributed by atoms with Gasteiger partial charge in [-0.05, 0) is 0 Å². The number of nitrogens with one attached hydrogen (secondary N) is 2. The molecule has 0 bridgehead atoms. The van der Waals surface area contributed by atoms with Crippen molar-refractivity contribution in [2.24, 2.45) is 22.9 Å². The number of amides is 6. The van der Waals surface area contributed by atoms with Gasteiger partial charge in [0.1, 0.15) is 0 Å². The van der Waals surface area contributed by atoms with E-state index in [0.29, 0.717) is 0 Å². The highest BCUT2D eigenvalue weighted by molar-refractivity contribution is 5.74. The van der Waals surface area contributed by atoms with Crippen molar-refractivity contribution in [3.63, 3.8) is 0 Å². The van der Waals surface area contributed by atoms with Crippen molar-refractivity contribution in [1.82, 2.24) is 10.6 Å². The summed E-state index contributed by atoms with van der Waals surface area (Å²) < 4.78 is 0. The van der Waals surface area contributed by atoms with Crippen LogP contribution < -0.4 is 33.6 Å². The predicted octanol–water partition coefficient (Wildman–Crippen LogP) is -2.70. The fourth-order valence-corrected chi connectivity index (χ4v) is 0.218. The Hall–Kier alpha value is -2.19. The standard InChI is InChI=1S/C3H8N4O2.CH4N2O/c4-2(8)6-1-7-3(5)9;2-1(3)4/h1H2,(H3,4,6,8)(H3,5,7,9);(H4,2,3,4). The van der Waals surface area contributed by atoms with Crippen LogP contribution in [-0.4, -0.2) is 24.8 Å². The van der Waals surface area contributed by atoms with Crippen LogP contribution in [0.5, 0.6) is 0 Å². The largest absolute Gasteiger partial charge is 0.352 e. The van der Waals surface area contributed by atoms with E-state index in [1.54, 1.807) is 0 Å². The second-order valence-corrected chi connectivity index (χ2v) is 1.66. The number of primary amides is 4. The molecule has 0 aliphatic heterocycles. The average molecular weight is 192 g/mol. The lowest BCUT2D eigenvalue weighted by Gasteiger charge is -1.99. The molecule has 9 heteroatoms. The van der Waals surface area contributed by atoms with Gasteiger partial charge in [0.2, 0.25) is 0 Å². The predicted molar refractivity (Wildman–Crippen MR) is 44.1 cm³/mol. The molecule has 0 spiro atoms. The van der Waals surface area contributed by atoms with E-state index < -0.39 is 18.1 Å². The van der Waals surface area contributed by atoms with Crippen molar-refractivity contribution in [3.05, 3.63) is 0 Å². The number of carbonyl (C=O) groups excluding carboxylic acids is 3. The maximum Gasteiger partial charge on any atom is 0.313 e. The van der Waals surface area contributed by atoms with Gasteiger partial charge < -0.3 is 33.6 Å². The molecule has 10 N–H and O–H groups in total. The highest BCUT2D eigenvalue weighted by Crippen LogP contribution is 1.53. The van der Waals surface area contributed by atoms with Crippen LogP contribution in [0.4, 0.5) is 14.4 Å². The van der Waals surface area contributed by atoms with Gasteiger partial charge >= 0.3 is 18.1 Å². The molecular weight excluding hydrogens is 180 g/mol. The van der Waals surface area contributed by atoms with Crippen molar-refractivity contribution in [3.8, 4) is 0 Å². The molecule has 76 valence electrons. The second kappa shape index (κ2) is 7.91. The maximum atomic E-state index is 9.90. The van der Waals surface area contributed by atoms with E-state index in [4.69, 9.17) is 4.79 Å². The van der Waals surface area contributed by atoms with E-state index in [1.807, 2.05) is 0 Å². The lowest BCUT2D eigenvalue weighted by molar-refractivity contribution is 0.243. The molecule has 0 atom stereocenters. The van der Waals surface area contributed by atoms with Crippen LogP contribution in [0.15, 0.2) is 0 Å². The zero-order valence-electron chi connectivity index (χ0n) is 6.74. The van der Waals surface area contributed by atoms with Gasteiger partial charge in [-0.3, -0.25) is 0 Å². The first-order chi connectivity index (χ1) is 5.86. The molecule has 0 radical (unpaired) electrons. The van der Waals surface area contributed by atoms with Crippen LogP contribution in [0.3, 0.4) is 0 Å². The molecule has 0 saturated carbocycles. The van der Waals surface area contributed by atoms with Crippen LogP contribution in [0.1, 0.15) is 0 Å². The Labute approximate surface area is 73.8 Å². The minimum absolute atomic E-state index is 0.0370. The van der Waals surface area contributed by atoms with E-state index in [1.165, 1.54) is 0 Å². The van der Waals surface area contributed by atoms with Gasteiger partial charge in [0, 0.05) is 0 Å². The van der Waals surface area contributed by atoms with Crippen LogP contribution >= 0.6 is 0 Å². The van der Waals surface area contributed by atoms with Crippen molar-refractivity contribution in [1.29, 1.82) is 0 Å². The SMILES string of the molecule is NC(=O)NCNC(N)=O.NC(N)=O. The lowest BCUT2D eigenvalue weighted by atomic mass is 10.9. The molecule has 13 heavy (non-hydrogen) atoms. The molecule has 0 saturated heterocycles. The third-order valence-electron chi connectivity index (χ3n) is 0.525. The number of nitrogens with two attached hydrogens (primary N) is 4. The van der Waals surface area contributed by atoms with Crippen LogP contribution in [0.2, 0.25) is 0 Å². The highest BCUT2D eigenvalue weighted by atomic mass is 16.2. The number of hydrogen-bond acceptors (Lipinski definition) is 3. The van der Waals surface area contributed by atoms with Gasteiger partial charge in [-0.2, -0.15) is 0 Å². The normalized spacial score (nSPS) is 7.38. The van der Waals surface area contributed by atoms with Gasteiger partial charge in [-0.15, -0.1) is 0 Å². The van der Waals surface area contributed by atoms with Crippen LogP contribution in [-0.2, 0) is 0 Å². The summed E-state index contributed by atoms with van der Waals surface area (Å²) in [6.07, 6.45) is 0. The Bertz CT molecular complexity index is 174. The van der Waals surface area contributed by atoms with E-state index in [9.17, 15) is 9.59 Å². The minimum Gasteiger partial charge on any atom is -0.352 e. The Morgan fingerprint density at radius 3 is 1.23 bits per heavy atom. The fraction of sp³-hybridized carbons (Fsp3) is 0.250. The number of carbonyl (C=O) groups is 3. The summed E-state index contributed by atoms with van der Waals surface area (Å²) in [5.74, 6) is 0. The quantitative estimate of drug-likeness (QED) is 0.261. The monoisotopic (exact) mass is 192 g/mol. The Morgan fingerprint density at radius 1 is 0.846 bits per heavy atom. The van der Waals surface area contributed by atoms with Gasteiger partial charge in [0.05, 0.1) is 6.67 Å². The lowest BCUT2D eigenvalue weighted by Crippen LogP contribution is -2.41. The number of rotatable bonds is 2. The summed E-state index contributed by atoms with van der Waals surface area (Å²) in [5, 5.41) is 4.21. The first kappa shape index (κ1) is 13.4. The molecule has 0 aliphatic carbocycles. The molecule has 9 nitrogen and oxygen atoms in total. The first-order valence-electron chi connectivity index (χ1n) is 2.97. The summed E-state index contributed by atoms with van der Waals surface area (Å²) in [6.45, 7) is -0.0370. The van der Waals surface area contributed by atoms with Crippen molar-refractivity contribution in [2.45, 2.75) is 0 Å². The maximum absolute atomic E-state index is 9.90. The van der Waals surface area contributed by atoms with Crippen molar-refractivity contribution < 1.29 is 14.4 Å². The van der Waals surface area contributed by atoms with Crippen molar-refractivity contribution >= 4 is 18.1 Å². The summed E-state index contributed by atoms with van der Waals surface area (Å²) in [6, 6.07) is -2.24. The average Bonchev–Trinajstić information content (AvgIpc) is 1.83. The Kier molecular flexibility index (Phi) is 8.16. The zero-order chi connectivity index (χ0) is 10.9. The molecule has 0 fully saturated rings. The first-order valence-corrected chi connectivity index (χ1v) is 2.97. The van der Waals surface area contributed by atoms with Gasteiger partial charge in [0.15, 0.2) is 0 Å². The Balaban J connectivity index is 0. The van der Waals surface area contributed by atoms with E-state index >= 15 is 0 Å². The topological polar surface area (TPSA) is 179 Å². The molecule has 0 aromatic rings. The molecule has 0 aliphatic rings. The number of urea groups is 3. The minimum atomic E-state index is -0.833. The summed E-state index contributed by atoms with van der Waals surface area (Å²) in [5.41, 5.74) is 17.8. The second-order valence-electron chi connectivity index (χ2n) is 1.66.